The first-order valence-electron chi connectivity index (χ1n) is 8.59. The van der Waals surface area contributed by atoms with E-state index >= 15 is 0 Å². The van der Waals surface area contributed by atoms with Crippen molar-refractivity contribution < 1.29 is 23.5 Å². The summed E-state index contributed by atoms with van der Waals surface area (Å²) in [4.78, 5) is 38.3. The van der Waals surface area contributed by atoms with Crippen molar-refractivity contribution in [1.82, 2.24) is 10.2 Å². The van der Waals surface area contributed by atoms with Gasteiger partial charge in [-0.2, -0.15) is 0 Å². The Hall–Kier alpha value is -3.42. The third-order valence-corrected chi connectivity index (χ3v) is 4.66. The first kappa shape index (κ1) is 19.3. The number of carbonyl (C=O) groups excluding carboxylic acids is 3. The number of rotatable bonds is 5. The number of ether oxygens (including phenoxy) is 1. The number of carbonyl (C=O) groups is 3. The second-order valence-electron chi connectivity index (χ2n) is 6.69. The molecule has 0 aromatic heterocycles. The summed E-state index contributed by atoms with van der Waals surface area (Å²) >= 11 is 0. The van der Waals surface area contributed by atoms with Crippen molar-refractivity contribution >= 4 is 23.5 Å². The third kappa shape index (κ3) is 3.53. The van der Waals surface area contributed by atoms with Crippen LogP contribution >= 0.6 is 0 Å². The number of halogens is 1. The molecular weight excluding hydrogens is 365 g/mol. The number of hydrogen-bond donors (Lipinski definition) is 2. The largest absolute Gasteiger partial charge is 0.496 e. The molecule has 0 saturated carbocycles. The van der Waals surface area contributed by atoms with Crippen molar-refractivity contribution in [2.75, 3.05) is 19.0 Å². The van der Waals surface area contributed by atoms with Gasteiger partial charge in [-0.3, -0.25) is 14.5 Å². The highest BCUT2D eigenvalue weighted by Crippen LogP contribution is 2.31. The van der Waals surface area contributed by atoms with Crippen molar-refractivity contribution in [2.45, 2.75) is 19.4 Å². The minimum absolute atomic E-state index is 0.241. The standard InChI is InChI=1S/C20H20FN3O4/c1-12-9-13(7-8-16(12)28-3)20(2)18(26)24(19(27)23-20)11-17(25)22-15-6-4-5-14(21)10-15/h4-10H,11H2,1-3H3,(H,22,25)(H,23,27). The summed E-state index contributed by atoms with van der Waals surface area (Å²) in [5.41, 5.74) is 0.334. The Labute approximate surface area is 161 Å². The fourth-order valence-electron chi connectivity index (χ4n) is 3.14. The first-order valence-corrected chi connectivity index (χ1v) is 8.59. The van der Waals surface area contributed by atoms with Gasteiger partial charge in [0.05, 0.1) is 7.11 Å². The lowest BCUT2D eigenvalue weighted by Gasteiger charge is -2.23. The highest BCUT2D eigenvalue weighted by Gasteiger charge is 2.49. The van der Waals surface area contributed by atoms with Gasteiger partial charge in [0.15, 0.2) is 0 Å². The summed E-state index contributed by atoms with van der Waals surface area (Å²) in [6.45, 7) is 2.93. The topological polar surface area (TPSA) is 87.7 Å². The monoisotopic (exact) mass is 385 g/mol. The van der Waals surface area contributed by atoms with E-state index in [0.29, 0.717) is 11.3 Å². The van der Waals surface area contributed by atoms with E-state index in [1.165, 1.54) is 18.2 Å². The van der Waals surface area contributed by atoms with Crippen LogP contribution in [-0.2, 0) is 15.1 Å². The van der Waals surface area contributed by atoms with Crippen molar-refractivity contribution in [3.8, 4) is 5.75 Å². The Bertz CT molecular complexity index is 962. The van der Waals surface area contributed by atoms with Crippen molar-refractivity contribution in [1.29, 1.82) is 0 Å². The lowest BCUT2D eigenvalue weighted by Crippen LogP contribution is -2.42. The van der Waals surface area contributed by atoms with Crippen LogP contribution in [0.2, 0.25) is 0 Å². The molecule has 1 aliphatic heterocycles. The molecule has 2 N–H and O–H groups in total. The summed E-state index contributed by atoms with van der Waals surface area (Å²) in [6.07, 6.45) is 0. The molecule has 1 unspecified atom stereocenters. The number of nitrogens with zero attached hydrogens (tertiary/aromatic N) is 1. The SMILES string of the molecule is COc1ccc(C2(C)NC(=O)N(CC(=O)Nc3cccc(F)c3)C2=O)cc1C. The van der Waals surface area contributed by atoms with E-state index < -0.39 is 35.7 Å². The molecule has 0 bridgehead atoms. The molecule has 0 radical (unpaired) electrons. The van der Waals surface area contributed by atoms with Gasteiger partial charge in [0.1, 0.15) is 23.7 Å². The predicted octanol–water partition coefficient (Wildman–Crippen LogP) is 2.55. The third-order valence-electron chi connectivity index (χ3n) is 4.66. The smallest absolute Gasteiger partial charge is 0.325 e. The molecule has 7 nitrogen and oxygen atoms in total. The minimum Gasteiger partial charge on any atom is -0.496 e. The van der Waals surface area contributed by atoms with E-state index in [-0.39, 0.29) is 5.69 Å². The Morgan fingerprint density at radius 3 is 2.64 bits per heavy atom. The van der Waals surface area contributed by atoms with E-state index in [9.17, 15) is 18.8 Å². The Morgan fingerprint density at radius 2 is 2.00 bits per heavy atom. The second-order valence-corrected chi connectivity index (χ2v) is 6.69. The summed E-state index contributed by atoms with van der Waals surface area (Å²) in [6, 6.07) is 9.85. The fourth-order valence-corrected chi connectivity index (χ4v) is 3.14. The van der Waals surface area contributed by atoms with Crippen LogP contribution in [0.5, 0.6) is 5.75 Å². The van der Waals surface area contributed by atoms with Crippen molar-refractivity contribution in [2.24, 2.45) is 0 Å². The van der Waals surface area contributed by atoms with Gasteiger partial charge in [0.25, 0.3) is 5.91 Å². The zero-order valence-corrected chi connectivity index (χ0v) is 15.7. The van der Waals surface area contributed by atoms with Crippen LogP contribution in [0.1, 0.15) is 18.1 Å². The molecule has 8 heteroatoms. The average Bonchev–Trinajstić information content (AvgIpc) is 2.85. The quantitative estimate of drug-likeness (QED) is 0.775. The van der Waals surface area contributed by atoms with Crippen LogP contribution in [0, 0.1) is 12.7 Å². The highest BCUT2D eigenvalue weighted by atomic mass is 19.1. The van der Waals surface area contributed by atoms with Crippen molar-refractivity contribution in [3.63, 3.8) is 0 Å². The van der Waals surface area contributed by atoms with Crippen LogP contribution in [-0.4, -0.2) is 36.4 Å². The van der Waals surface area contributed by atoms with Gasteiger partial charge in [0.2, 0.25) is 5.91 Å². The molecule has 1 atom stereocenters. The van der Waals surface area contributed by atoms with Crippen LogP contribution in [0.15, 0.2) is 42.5 Å². The normalized spacial score (nSPS) is 18.8. The zero-order valence-electron chi connectivity index (χ0n) is 15.7. The summed E-state index contributed by atoms with van der Waals surface area (Å²) in [5.74, 6) is -0.994. The van der Waals surface area contributed by atoms with Gasteiger partial charge in [-0.25, -0.2) is 9.18 Å². The number of nitrogens with one attached hydrogen (secondary N) is 2. The van der Waals surface area contributed by atoms with Gasteiger partial charge in [-0.1, -0.05) is 12.1 Å². The van der Waals surface area contributed by atoms with Gasteiger partial charge in [-0.15, -0.1) is 0 Å². The highest BCUT2D eigenvalue weighted by molar-refractivity contribution is 6.10. The number of amides is 4. The first-order chi connectivity index (χ1) is 13.2. The average molecular weight is 385 g/mol. The molecule has 1 fully saturated rings. The number of benzene rings is 2. The number of anilines is 1. The Kier molecular flexibility index (Phi) is 5.04. The van der Waals surface area contributed by atoms with Gasteiger partial charge in [-0.05, 0) is 55.3 Å². The molecule has 1 saturated heterocycles. The van der Waals surface area contributed by atoms with Crippen LogP contribution in [0.25, 0.3) is 0 Å². The van der Waals surface area contributed by atoms with E-state index in [1.807, 2.05) is 6.92 Å². The summed E-state index contributed by atoms with van der Waals surface area (Å²) in [7, 11) is 1.55. The molecule has 2 aromatic rings. The molecule has 1 aliphatic rings. The van der Waals surface area contributed by atoms with Gasteiger partial charge >= 0.3 is 6.03 Å². The second kappa shape index (κ2) is 7.30. The van der Waals surface area contributed by atoms with Crippen LogP contribution in [0.4, 0.5) is 14.9 Å². The minimum atomic E-state index is -1.30. The number of imide groups is 1. The van der Waals surface area contributed by atoms with E-state index in [4.69, 9.17) is 4.74 Å². The lowest BCUT2D eigenvalue weighted by molar-refractivity contribution is -0.133. The summed E-state index contributed by atoms with van der Waals surface area (Å²) < 4.78 is 18.5. The molecule has 0 spiro atoms. The molecule has 1 heterocycles. The fraction of sp³-hybridized carbons (Fsp3) is 0.250. The molecule has 4 amide bonds. The predicted molar refractivity (Wildman–Crippen MR) is 100 cm³/mol. The maximum atomic E-state index is 13.2. The molecular formula is C20H20FN3O4. The lowest BCUT2D eigenvalue weighted by atomic mass is 9.90. The molecule has 2 aromatic carbocycles. The molecule has 0 aliphatic carbocycles. The zero-order chi connectivity index (χ0) is 20.5. The molecule has 146 valence electrons. The number of aryl methyl sites for hydroxylation is 1. The number of hydrogen-bond acceptors (Lipinski definition) is 4. The van der Waals surface area contributed by atoms with Crippen LogP contribution in [0.3, 0.4) is 0 Å². The van der Waals surface area contributed by atoms with Gasteiger partial charge in [0, 0.05) is 5.69 Å². The van der Waals surface area contributed by atoms with Crippen molar-refractivity contribution in [3.05, 3.63) is 59.4 Å². The summed E-state index contributed by atoms with van der Waals surface area (Å²) in [5, 5.41) is 5.12. The maximum Gasteiger partial charge on any atom is 0.325 e. The van der Waals surface area contributed by atoms with E-state index in [2.05, 4.69) is 10.6 Å². The molecule has 28 heavy (non-hydrogen) atoms. The Morgan fingerprint density at radius 1 is 1.25 bits per heavy atom. The number of methoxy groups -OCH3 is 1. The van der Waals surface area contributed by atoms with Gasteiger partial charge < -0.3 is 15.4 Å². The van der Waals surface area contributed by atoms with E-state index in [1.54, 1.807) is 32.2 Å². The van der Waals surface area contributed by atoms with E-state index in [0.717, 1.165) is 16.5 Å². The maximum absolute atomic E-state index is 13.2. The molecule has 3 rings (SSSR count). The van der Waals surface area contributed by atoms with Crippen LogP contribution < -0.4 is 15.4 Å². The number of urea groups is 1. The Balaban J connectivity index is 1.77.